The van der Waals surface area contributed by atoms with Crippen molar-refractivity contribution in [3.63, 3.8) is 0 Å². The molecule has 0 aliphatic heterocycles. The highest BCUT2D eigenvalue weighted by Crippen LogP contribution is 2.26. The van der Waals surface area contributed by atoms with Gasteiger partial charge >= 0.3 is 0 Å². The highest BCUT2D eigenvalue weighted by molar-refractivity contribution is 6.06. The Balaban J connectivity index is 1.74. The van der Waals surface area contributed by atoms with Crippen molar-refractivity contribution in [2.45, 2.75) is 38.6 Å². The molecule has 0 heterocycles. The lowest BCUT2D eigenvalue weighted by Crippen LogP contribution is -2.32. The van der Waals surface area contributed by atoms with Crippen molar-refractivity contribution >= 4 is 17.5 Å². The second-order valence-electron chi connectivity index (χ2n) is 6.69. The number of aryl methyl sites for hydroxylation is 1. The van der Waals surface area contributed by atoms with E-state index in [4.69, 9.17) is 4.74 Å². The van der Waals surface area contributed by atoms with Gasteiger partial charge < -0.3 is 15.4 Å². The average Bonchev–Trinajstić information content (AvgIpc) is 3.15. The number of nitrogens with one attached hydrogen (secondary N) is 2. The summed E-state index contributed by atoms with van der Waals surface area (Å²) in [6.07, 6.45) is 4.37. The van der Waals surface area contributed by atoms with Crippen LogP contribution in [0.4, 0.5) is 5.69 Å². The zero-order chi connectivity index (χ0) is 18.5. The molecule has 1 aliphatic rings. The van der Waals surface area contributed by atoms with E-state index in [-0.39, 0.29) is 17.9 Å². The van der Waals surface area contributed by atoms with E-state index < -0.39 is 0 Å². The van der Waals surface area contributed by atoms with Crippen LogP contribution in [0.1, 0.15) is 52.0 Å². The molecule has 1 saturated carbocycles. The first-order valence-corrected chi connectivity index (χ1v) is 8.94. The van der Waals surface area contributed by atoms with Crippen molar-refractivity contribution in [2.24, 2.45) is 0 Å². The number of anilines is 1. The molecule has 2 amide bonds. The minimum absolute atomic E-state index is 0.125. The summed E-state index contributed by atoms with van der Waals surface area (Å²) in [4.78, 5) is 25.0. The number of carbonyl (C=O) groups is 2. The maximum absolute atomic E-state index is 12.6. The number of ether oxygens (including phenoxy) is 1. The van der Waals surface area contributed by atoms with Gasteiger partial charge in [-0.25, -0.2) is 0 Å². The zero-order valence-corrected chi connectivity index (χ0v) is 15.2. The molecule has 0 aromatic heterocycles. The smallest absolute Gasteiger partial charge is 0.255 e. The predicted octanol–water partition coefficient (Wildman–Crippen LogP) is 3.93. The van der Waals surface area contributed by atoms with Gasteiger partial charge in [0.05, 0.1) is 12.8 Å². The van der Waals surface area contributed by atoms with Crippen LogP contribution in [-0.4, -0.2) is 25.0 Å². The molecule has 2 N–H and O–H groups in total. The van der Waals surface area contributed by atoms with Crippen molar-refractivity contribution in [1.82, 2.24) is 5.32 Å². The third kappa shape index (κ3) is 4.23. The fourth-order valence-corrected chi connectivity index (χ4v) is 3.25. The number of methoxy groups -OCH3 is 1. The Hall–Kier alpha value is -2.82. The van der Waals surface area contributed by atoms with Crippen LogP contribution in [-0.2, 0) is 0 Å². The van der Waals surface area contributed by atoms with E-state index in [0.29, 0.717) is 22.6 Å². The fourth-order valence-electron chi connectivity index (χ4n) is 3.25. The second kappa shape index (κ2) is 8.04. The third-order valence-electron chi connectivity index (χ3n) is 4.68. The lowest BCUT2D eigenvalue weighted by Gasteiger charge is -2.13. The van der Waals surface area contributed by atoms with Gasteiger partial charge in [-0.15, -0.1) is 0 Å². The van der Waals surface area contributed by atoms with E-state index in [1.807, 2.05) is 25.1 Å². The summed E-state index contributed by atoms with van der Waals surface area (Å²) < 4.78 is 5.29. The summed E-state index contributed by atoms with van der Waals surface area (Å²) in [7, 11) is 1.56. The molecular weight excluding hydrogens is 328 g/mol. The topological polar surface area (TPSA) is 67.4 Å². The molecule has 3 rings (SSSR count). The van der Waals surface area contributed by atoms with Gasteiger partial charge in [0.2, 0.25) is 0 Å². The van der Waals surface area contributed by atoms with Crippen LogP contribution in [0, 0.1) is 6.92 Å². The van der Waals surface area contributed by atoms with E-state index in [9.17, 15) is 9.59 Å². The molecule has 26 heavy (non-hydrogen) atoms. The molecule has 5 nitrogen and oxygen atoms in total. The van der Waals surface area contributed by atoms with Crippen LogP contribution in [0.2, 0.25) is 0 Å². The van der Waals surface area contributed by atoms with E-state index >= 15 is 0 Å². The summed E-state index contributed by atoms with van der Waals surface area (Å²) in [6, 6.07) is 12.6. The number of hydrogen-bond acceptors (Lipinski definition) is 3. The van der Waals surface area contributed by atoms with Crippen molar-refractivity contribution in [3.8, 4) is 5.75 Å². The second-order valence-corrected chi connectivity index (χ2v) is 6.69. The van der Waals surface area contributed by atoms with E-state index in [1.54, 1.807) is 31.4 Å². The first-order chi connectivity index (χ1) is 12.6. The minimum atomic E-state index is -0.274. The Morgan fingerprint density at radius 3 is 2.38 bits per heavy atom. The largest absolute Gasteiger partial charge is 0.495 e. The molecule has 1 fully saturated rings. The van der Waals surface area contributed by atoms with Crippen molar-refractivity contribution in [1.29, 1.82) is 0 Å². The number of benzene rings is 2. The molecule has 0 bridgehead atoms. The summed E-state index contributed by atoms with van der Waals surface area (Å²) in [5, 5.41) is 5.91. The maximum atomic E-state index is 12.6. The van der Waals surface area contributed by atoms with E-state index in [0.717, 1.165) is 31.2 Å². The van der Waals surface area contributed by atoms with Crippen LogP contribution in [0.5, 0.6) is 5.75 Å². The van der Waals surface area contributed by atoms with Gasteiger partial charge in [-0.1, -0.05) is 25.0 Å². The average molecular weight is 352 g/mol. The van der Waals surface area contributed by atoms with Gasteiger partial charge in [-0.2, -0.15) is 0 Å². The number of hydrogen-bond donors (Lipinski definition) is 2. The molecule has 136 valence electrons. The third-order valence-corrected chi connectivity index (χ3v) is 4.68. The zero-order valence-electron chi connectivity index (χ0n) is 15.2. The van der Waals surface area contributed by atoms with Crippen LogP contribution >= 0.6 is 0 Å². The lowest BCUT2D eigenvalue weighted by atomic mass is 10.1. The van der Waals surface area contributed by atoms with Gasteiger partial charge in [-0.05, 0) is 55.7 Å². The first-order valence-electron chi connectivity index (χ1n) is 8.94. The molecule has 0 unspecified atom stereocenters. The molecule has 0 spiro atoms. The fraction of sp³-hybridized carbons (Fsp3) is 0.333. The summed E-state index contributed by atoms with van der Waals surface area (Å²) in [6.45, 7) is 1.95. The highest BCUT2D eigenvalue weighted by atomic mass is 16.5. The highest BCUT2D eigenvalue weighted by Gasteiger charge is 2.19. The van der Waals surface area contributed by atoms with Gasteiger partial charge in [0.15, 0.2) is 0 Å². The summed E-state index contributed by atoms with van der Waals surface area (Å²) in [5.41, 5.74) is 2.57. The standard InChI is InChI=1S/C21H24N2O3/c1-14-10-11-19(26-2)18(12-14)23-21(25)16-7-5-6-15(13-16)20(24)22-17-8-3-4-9-17/h5-7,10-13,17H,3-4,8-9H2,1-2H3,(H,22,24)(H,23,25). The summed E-state index contributed by atoms with van der Waals surface area (Å²) >= 11 is 0. The monoisotopic (exact) mass is 352 g/mol. The number of rotatable bonds is 5. The molecular formula is C21H24N2O3. The van der Waals surface area contributed by atoms with Crippen molar-refractivity contribution in [2.75, 3.05) is 12.4 Å². The van der Waals surface area contributed by atoms with Gasteiger partial charge in [0.25, 0.3) is 11.8 Å². The first kappa shape index (κ1) is 18.0. The van der Waals surface area contributed by atoms with Crippen LogP contribution in [0.3, 0.4) is 0 Å². The molecule has 2 aromatic rings. The lowest BCUT2D eigenvalue weighted by molar-refractivity contribution is 0.0938. The van der Waals surface area contributed by atoms with E-state index in [2.05, 4.69) is 10.6 Å². The van der Waals surface area contributed by atoms with Gasteiger partial charge in [-0.3, -0.25) is 9.59 Å². The Bertz CT molecular complexity index is 811. The quantitative estimate of drug-likeness (QED) is 0.857. The Kier molecular flexibility index (Phi) is 5.56. The van der Waals surface area contributed by atoms with Gasteiger partial charge in [0, 0.05) is 17.2 Å². The Morgan fingerprint density at radius 2 is 1.69 bits per heavy atom. The normalized spacial score (nSPS) is 14.1. The maximum Gasteiger partial charge on any atom is 0.255 e. The van der Waals surface area contributed by atoms with Crippen LogP contribution < -0.4 is 15.4 Å². The number of carbonyl (C=O) groups excluding carboxylic acids is 2. The number of amides is 2. The molecule has 5 heteroatoms. The minimum Gasteiger partial charge on any atom is -0.495 e. The molecule has 0 radical (unpaired) electrons. The SMILES string of the molecule is COc1ccc(C)cc1NC(=O)c1cccc(C(=O)NC2CCCC2)c1. The van der Waals surface area contributed by atoms with Gasteiger partial charge in [0.1, 0.15) is 5.75 Å². The van der Waals surface area contributed by atoms with Crippen molar-refractivity contribution < 1.29 is 14.3 Å². The Labute approximate surface area is 153 Å². The van der Waals surface area contributed by atoms with Crippen molar-refractivity contribution in [3.05, 3.63) is 59.2 Å². The molecule has 2 aromatic carbocycles. The van der Waals surface area contributed by atoms with Crippen LogP contribution in [0.15, 0.2) is 42.5 Å². The molecule has 0 atom stereocenters. The predicted molar refractivity (Wildman–Crippen MR) is 102 cm³/mol. The van der Waals surface area contributed by atoms with E-state index in [1.165, 1.54) is 0 Å². The Morgan fingerprint density at radius 1 is 1.00 bits per heavy atom. The van der Waals surface area contributed by atoms with Crippen LogP contribution in [0.25, 0.3) is 0 Å². The molecule has 1 aliphatic carbocycles. The molecule has 0 saturated heterocycles. The summed E-state index contributed by atoms with van der Waals surface area (Å²) in [5.74, 6) is 0.197.